The Morgan fingerprint density at radius 2 is 1.90 bits per heavy atom. The number of hydrogen-bond acceptors (Lipinski definition) is 5. The fourth-order valence-corrected chi connectivity index (χ4v) is 2.09. The molecule has 0 aromatic heterocycles. The van der Waals surface area contributed by atoms with Crippen molar-refractivity contribution < 1.29 is 18.9 Å². The SMILES string of the molecule is CCOC(CCNCc1ccc2c(c1)OCO2)OCC. The average Bonchev–Trinajstić information content (AvgIpc) is 2.91. The van der Waals surface area contributed by atoms with E-state index >= 15 is 0 Å². The van der Waals surface area contributed by atoms with Crippen LogP contribution in [0.4, 0.5) is 0 Å². The van der Waals surface area contributed by atoms with Crippen molar-refractivity contribution in [2.24, 2.45) is 0 Å². The maximum atomic E-state index is 5.50. The molecule has 0 saturated heterocycles. The minimum atomic E-state index is -0.116. The molecule has 1 heterocycles. The molecular weight excluding hydrogens is 258 g/mol. The van der Waals surface area contributed by atoms with Gasteiger partial charge in [-0.25, -0.2) is 0 Å². The number of benzene rings is 1. The van der Waals surface area contributed by atoms with Crippen molar-refractivity contribution in [3.63, 3.8) is 0 Å². The molecule has 5 heteroatoms. The van der Waals surface area contributed by atoms with Crippen LogP contribution in [0.3, 0.4) is 0 Å². The van der Waals surface area contributed by atoms with Crippen LogP contribution in [-0.4, -0.2) is 32.8 Å². The van der Waals surface area contributed by atoms with E-state index < -0.39 is 0 Å². The summed E-state index contributed by atoms with van der Waals surface area (Å²) in [7, 11) is 0. The quantitative estimate of drug-likeness (QED) is 0.556. The van der Waals surface area contributed by atoms with Gasteiger partial charge in [-0.2, -0.15) is 0 Å². The number of nitrogens with one attached hydrogen (secondary N) is 1. The van der Waals surface area contributed by atoms with Crippen LogP contribution in [0, 0.1) is 0 Å². The third-order valence-corrected chi connectivity index (χ3v) is 3.03. The molecule has 0 unspecified atom stereocenters. The van der Waals surface area contributed by atoms with Crippen LogP contribution < -0.4 is 14.8 Å². The molecule has 112 valence electrons. The third-order valence-electron chi connectivity index (χ3n) is 3.03. The van der Waals surface area contributed by atoms with Crippen LogP contribution in [0.2, 0.25) is 0 Å². The van der Waals surface area contributed by atoms with Crippen LogP contribution in [0.15, 0.2) is 18.2 Å². The minimum Gasteiger partial charge on any atom is -0.454 e. The lowest BCUT2D eigenvalue weighted by Gasteiger charge is -2.17. The van der Waals surface area contributed by atoms with Crippen LogP contribution in [0.5, 0.6) is 11.5 Å². The van der Waals surface area contributed by atoms with Crippen LogP contribution in [0.1, 0.15) is 25.8 Å². The number of fused-ring (bicyclic) bond motifs is 1. The Morgan fingerprint density at radius 3 is 2.65 bits per heavy atom. The van der Waals surface area contributed by atoms with E-state index in [4.69, 9.17) is 18.9 Å². The Labute approximate surface area is 120 Å². The lowest BCUT2D eigenvalue weighted by atomic mass is 10.2. The topological polar surface area (TPSA) is 49.0 Å². The molecule has 0 fully saturated rings. The van der Waals surface area contributed by atoms with Gasteiger partial charge in [-0.3, -0.25) is 0 Å². The zero-order valence-electron chi connectivity index (χ0n) is 12.2. The molecular formula is C15H23NO4. The average molecular weight is 281 g/mol. The standard InChI is InChI=1S/C15H23NO4/c1-3-17-15(18-4-2)7-8-16-10-12-5-6-13-14(9-12)20-11-19-13/h5-6,9,15-16H,3-4,7-8,10-11H2,1-2H3. The van der Waals surface area contributed by atoms with Gasteiger partial charge in [-0.1, -0.05) is 6.07 Å². The van der Waals surface area contributed by atoms with E-state index in [9.17, 15) is 0 Å². The van der Waals surface area contributed by atoms with Gasteiger partial charge in [0.2, 0.25) is 6.79 Å². The van der Waals surface area contributed by atoms with Crippen molar-refractivity contribution in [3.05, 3.63) is 23.8 Å². The van der Waals surface area contributed by atoms with Gasteiger partial charge in [0, 0.05) is 32.7 Å². The summed E-state index contributed by atoms with van der Waals surface area (Å²) < 4.78 is 21.6. The van der Waals surface area contributed by atoms with E-state index in [1.54, 1.807) is 0 Å². The van der Waals surface area contributed by atoms with Crippen LogP contribution >= 0.6 is 0 Å². The first-order chi connectivity index (χ1) is 9.83. The van der Waals surface area contributed by atoms with E-state index in [1.807, 2.05) is 32.0 Å². The summed E-state index contributed by atoms with van der Waals surface area (Å²) in [6, 6.07) is 6.00. The smallest absolute Gasteiger partial charge is 0.231 e. The molecule has 1 aliphatic rings. The van der Waals surface area contributed by atoms with Crippen molar-refractivity contribution >= 4 is 0 Å². The molecule has 1 aromatic rings. The predicted molar refractivity (Wildman–Crippen MR) is 75.9 cm³/mol. The van der Waals surface area contributed by atoms with E-state index in [2.05, 4.69) is 5.32 Å². The molecule has 0 atom stereocenters. The highest BCUT2D eigenvalue weighted by molar-refractivity contribution is 5.44. The highest BCUT2D eigenvalue weighted by atomic mass is 16.7. The molecule has 1 aliphatic heterocycles. The van der Waals surface area contributed by atoms with Crippen LogP contribution in [0.25, 0.3) is 0 Å². The maximum Gasteiger partial charge on any atom is 0.231 e. The van der Waals surface area contributed by atoms with Crippen LogP contribution in [-0.2, 0) is 16.0 Å². The molecule has 0 spiro atoms. The molecule has 5 nitrogen and oxygen atoms in total. The molecule has 0 amide bonds. The van der Waals surface area contributed by atoms with E-state index in [0.29, 0.717) is 20.0 Å². The van der Waals surface area contributed by atoms with E-state index in [-0.39, 0.29) is 6.29 Å². The van der Waals surface area contributed by atoms with Gasteiger partial charge in [0.1, 0.15) is 0 Å². The second-order valence-electron chi connectivity index (χ2n) is 4.49. The summed E-state index contributed by atoms with van der Waals surface area (Å²) in [5, 5.41) is 3.38. The number of hydrogen-bond donors (Lipinski definition) is 1. The first-order valence-electron chi connectivity index (χ1n) is 7.16. The summed E-state index contributed by atoms with van der Waals surface area (Å²) in [6.07, 6.45) is 0.723. The Morgan fingerprint density at radius 1 is 1.15 bits per heavy atom. The largest absolute Gasteiger partial charge is 0.454 e. The Balaban J connectivity index is 1.70. The molecule has 0 radical (unpaired) electrons. The Kier molecular flexibility index (Phi) is 6.11. The number of ether oxygens (including phenoxy) is 4. The first-order valence-corrected chi connectivity index (χ1v) is 7.16. The molecule has 1 N–H and O–H groups in total. The third kappa shape index (κ3) is 4.37. The highest BCUT2D eigenvalue weighted by Gasteiger charge is 2.13. The maximum absolute atomic E-state index is 5.50. The summed E-state index contributed by atoms with van der Waals surface area (Å²) in [4.78, 5) is 0. The molecule has 2 rings (SSSR count). The molecule has 0 bridgehead atoms. The van der Waals surface area contributed by atoms with Gasteiger partial charge in [0.15, 0.2) is 17.8 Å². The minimum absolute atomic E-state index is 0.116. The van der Waals surface area contributed by atoms with Gasteiger partial charge in [-0.15, -0.1) is 0 Å². The van der Waals surface area contributed by atoms with Gasteiger partial charge >= 0.3 is 0 Å². The zero-order chi connectivity index (χ0) is 14.2. The summed E-state index contributed by atoms with van der Waals surface area (Å²) in [5.41, 5.74) is 1.18. The molecule has 0 saturated carbocycles. The van der Waals surface area contributed by atoms with Gasteiger partial charge < -0.3 is 24.3 Å². The molecule has 20 heavy (non-hydrogen) atoms. The van der Waals surface area contributed by atoms with Crippen molar-refractivity contribution in [3.8, 4) is 11.5 Å². The lowest BCUT2D eigenvalue weighted by Crippen LogP contribution is -2.24. The fraction of sp³-hybridized carbons (Fsp3) is 0.600. The highest BCUT2D eigenvalue weighted by Crippen LogP contribution is 2.32. The summed E-state index contributed by atoms with van der Waals surface area (Å²) >= 11 is 0. The monoisotopic (exact) mass is 281 g/mol. The van der Waals surface area contributed by atoms with Gasteiger partial charge in [-0.05, 0) is 31.5 Å². The number of rotatable bonds is 9. The van der Waals surface area contributed by atoms with Crippen molar-refractivity contribution in [2.75, 3.05) is 26.6 Å². The second-order valence-corrected chi connectivity index (χ2v) is 4.49. The Hall–Kier alpha value is -1.30. The predicted octanol–water partition coefficient (Wildman–Crippen LogP) is 2.29. The first kappa shape index (κ1) is 15.1. The summed E-state index contributed by atoms with van der Waals surface area (Å²) in [6.45, 7) is 7.26. The van der Waals surface area contributed by atoms with Gasteiger partial charge in [0.05, 0.1) is 0 Å². The lowest BCUT2D eigenvalue weighted by molar-refractivity contribution is -0.138. The fourth-order valence-electron chi connectivity index (χ4n) is 2.09. The summed E-state index contributed by atoms with van der Waals surface area (Å²) in [5.74, 6) is 1.65. The molecule has 1 aromatic carbocycles. The second kappa shape index (κ2) is 8.09. The van der Waals surface area contributed by atoms with Crippen molar-refractivity contribution in [1.82, 2.24) is 5.32 Å². The van der Waals surface area contributed by atoms with E-state index in [1.165, 1.54) is 5.56 Å². The van der Waals surface area contributed by atoms with Crippen molar-refractivity contribution in [2.45, 2.75) is 33.1 Å². The normalized spacial score (nSPS) is 13.2. The molecule has 0 aliphatic carbocycles. The zero-order valence-corrected chi connectivity index (χ0v) is 12.2. The Bertz CT molecular complexity index is 405. The van der Waals surface area contributed by atoms with E-state index in [0.717, 1.165) is 31.0 Å². The van der Waals surface area contributed by atoms with Gasteiger partial charge in [0.25, 0.3) is 0 Å². The van der Waals surface area contributed by atoms with Crippen molar-refractivity contribution in [1.29, 1.82) is 0 Å².